The average Bonchev–Trinajstić information content (AvgIpc) is 3.03. The van der Waals surface area contributed by atoms with Crippen molar-refractivity contribution in [1.82, 2.24) is 5.32 Å². The molecular weight excluding hydrogens is 542 g/mol. The third-order valence-corrected chi connectivity index (χ3v) is 9.27. The molecule has 0 aliphatic carbocycles. The van der Waals surface area contributed by atoms with Crippen molar-refractivity contribution in [3.05, 3.63) is 12.2 Å². The van der Waals surface area contributed by atoms with Gasteiger partial charge in [0, 0.05) is 6.42 Å². The Kier molecular flexibility index (Phi) is 35.9. The van der Waals surface area contributed by atoms with Crippen LogP contribution < -0.4 is 5.32 Å². The second-order valence-corrected chi connectivity index (χ2v) is 13.7. The Morgan fingerprint density at radius 2 is 0.841 bits per heavy atom. The van der Waals surface area contributed by atoms with E-state index in [9.17, 15) is 15.0 Å². The minimum Gasteiger partial charge on any atom is -0.394 e. The number of aliphatic hydroxyl groups is 2. The standard InChI is InChI=1S/C40H79NO3/c1-3-5-7-9-11-13-15-17-19-20-22-24-26-28-30-32-34-36-40(44)41-38(37-42)39(43)35-33-31-29-27-25-23-21-18-16-14-12-10-8-6-4-2/h33,35,38-39,42-43H,3-32,34,36-37H2,1-2H3,(H,41,44)/b35-33+/t38-,39+/m0/s1. The summed E-state index contributed by atoms with van der Waals surface area (Å²) in [6.07, 6.45) is 44.4. The molecule has 0 aromatic carbocycles. The van der Waals surface area contributed by atoms with E-state index in [-0.39, 0.29) is 12.5 Å². The fraction of sp³-hybridized carbons (Fsp3) is 0.925. The summed E-state index contributed by atoms with van der Waals surface area (Å²) < 4.78 is 0. The van der Waals surface area contributed by atoms with Crippen LogP contribution in [0.15, 0.2) is 12.2 Å². The molecule has 2 atom stereocenters. The topological polar surface area (TPSA) is 69.6 Å². The van der Waals surface area contributed by atoms with Crippen LogP contribution in [0.2, 0.25) is 0 Å². The zero-order valence-corrected chi connectivity index (χ0v) is 29.9. The van der Waals surface area contributed by atoms with Gasteiger partial charge in [-0.25, -0.2) is 0 Å². The molecule has 0 saturated heterocycles. The van der Waals surface area contributed by atoms with Gasteiger partial charge in [-0.15, -0.1) is 0 Å². The maximum absolute atomic E-state index is 12.3. The largest absolute Gasteiger partial charge is 0.394 e. The van der Waals surface area contributed by atoms with Crippen LogP contribution >= 0.6 is 0 Å². The van der Waals surface area contributed by atoms with Gasteiger partial charge in [-0.2, -0.15) is 0 Å². The summed E-state index contributed by atoms with van der Waals surface area (Å²) in [5.74, 6) is -0.0612. The lowest BCUT2D eigenvalue weighted by molar-refractivity contribution is -0.123. The molecule has 0 bridgehead atoms. The molecule has 0 aromatic heterocycles. The monoisotopic (exact) mass is 622 g/mol. The Bertz CT molecular complexity index is 593. The number of unbranched alkanes of at least 4 members (excludes halogenated alkanes) is 29. The smallest absolute Gasteiger partial charge is 0.220 e. The molecule has 0 aliphatic rings. The van der Waals surface area contributed by atoms with Crippen molar-refractivity contribution in [3.63, 3.8) is 0 Å². The summed E-state index contributed by atoms with van der Waals surface area (Å²) in [5.41, 5.74) is 0. The van der Waals surface area contributed by atoms with Gasteiger partial charge in [0.1, 0.15) is 0 Å². The highest BCUT2D eigenvalue weighted by molar-refractivity contribution is 5.76. The third kappa shape index (κ3) is 32.5. The number of hydrogen-bond acceptors (Lipinski definition) is 3. The van der Waals surface area contributed by atoms with E-state index in [0.29, 0.717) is 6.42 Å². The fourth-order valence-corrected chi connectivity index (χ4v) is 6.18. The quantitative estimate of drug-likeness (QED) is 0.0481. The summed E-state index contributed by atoms with van der Waals surface area (Å²) in [5, 5.41) is 22.9. The van der Waals surface area contributed by atoms with Gasteiger partial charge in [-0.3, -0.25) is 4.79 Å². The molecule has 0 unspecified atom stereocenters. The molecular formula is C40H79NO3. The van der Waals surface area contributed by atoms with E-state index in [1.54, 1.807) is 6.08 Å². The highest BCUT2D eigenvalue weighted by Crippen LogP contribution is 2.15. The van der Waals surface area contributed by atoms with Crippen molar-refractivity contribution < 1.29 is 15.0 Å². The second kappa shape index (κ2) is 36.6. The maximum atomic E-state index is 12.3. The summed E-state index contributed by atoms with van der Waals surface area (Å²) in [6.45, 7) is 4.32. The summed E-state index contributed by atoms with van der Waals surface area (Å²) in [7, 11) is 0. The molecule has 0 radical (unpaired) electrons. The Hall–Kier alpha value is -0.870. The highest BCUT2D eigenvalue weighted by Gasteiger charge is 2.17. The molecule has 1 amide bonds. The number of nitrogens with one attached hydrogen (secondary N) is 1. The van der Waals surface area contributed by atoms with Crippen LogP contribution in [-0.2, 0) is 4.79 Å². The van der Waals surface area contributed by atoms with E-state index in [1.807, 2.05) is 6.08 Å². The molecule has 0 fully saturated rings. The minimum absolute atomic E-state index is 0.0612. The zero-order valence-electron chi connectivity index (χ0n) is 29.9. The lowest BCUT2D eigenvalue weighted by Crippen LogP contribution is -2.45. The number of carbonyl (C=O) groups excluding carboxylic acids is 1. The van der Waals surface area contributed by atoms with Gasteiger partial charge in [-0.05, 0) is 19.3 Å². The molecule has 4 nitrogen and oxygen atoms in total. The van der Waals surface area contributed by atoms with Gasteiger partial charge in [0.2, 0.25) is 5.91 Å². The van der Waals surface area contributed by atoms with Crippen LogP contribution in [-0.4, -0.2) is 34.9 Å². The Morgan fingerprint density at radius 1 is 0.523 bits per heavy atom. The van der Waals surface area contributed by atoms with Crippen molar-refractivity contribution in [3.8, 4) is 0 Å². The van der Waals surface area contributed by atoms with E-state index in [2.05, 4.69) is 19.2 Å². The van der Waals surface area contributed by atoms with Crippen LogP contribution in [0.1, 0.15) is 219 Å². The van der Waals surface area contributed by atoms with E-state index < -0.39 is 12.1 Å². The number of hydrogen-bond donors (Lipinski definition) is 3. The van der Waals surface area contributed by atoms with Crippen LogP contribution in [0, 0.1) is 0 Å². The second-order valence-electron chi connectivity index (χ2n) is 13.7. The van der Waals surface area contributed by atoms with Crippen LogP contribution in [0.25, 0.3) is 0 Å². The molecule has 3 N–H and O–H groups in total. The predicted octanol–water partition coefficient (Wildman–Crippen LogP) is 11.9. The summed E-state index contributed by atoms with van der Waals surface area (Å²) >= 11 is 0. The van der Waals surface area contributed by atoms with Crippen molar-refractivity contribution in [2.24, 2.45) is 0 Å². The van der Waals surface area contributed by atoms with Gasteiger partial charge < -0.3 is 15.5 Å². The molecule has 44 heavy (non-hydrogen) atoms. The SMILES string of the molecule is CCCCCCCCCCCCCCC/C=C/[C@@H](O)[C@H](CO)NC(=O)CCCCCCCCCCCCCCCCCCC. The van der Waals surface area contributed by atoms with Crippen LogP contribution in [0.4, 0.5) is 0 Å². The van der Waals surface area contributed by atoms with Crippen molar-refractivity contribution in [1.29, 1.82) is 0 Å². The Balaban J connectivity index is 3.56. The van der Waals surface area contributed by atoms with Crippen molar-refractivity contribution in [2.75, 3.05) is 6.61 Å². The number of aliphatic hydroxyl groups excluding tert-OH is 2. The van der Waals surface area contributed by atoms with E-state index >= 15 is 0 Å². The molecule has 0 spiro atoms. The van der Waals surface area contributed by atoms with Crippen molar-refractivity contribution in [2.45, 2.75) is 231 Å². The lowest BCUT2D eigenvalue weighted by atomic mass is 10.0. The fourth-order valence-electron chi connectivity index (χ4n) is 6.18. The van der Waals surface area contributed by atoms with Crippen molar-refractivity contribution >= 4 is 5.91 Å². The first-order valence-electron chi connectivity index (χ1n) is 19.9. The van der Waals surface area contributed by atoms with Gasteiger partial charge in [-0.1, -0.05) is 206 Å². The number of allylic oxidation sites excluding steroid dienone is 1. The van der Waals surface area contributed by atoms with E-state index in [0.717, 1.165) is 25.7 Å². The number of rotatable bonds is 36. The normalized spacial score (nSPS) is 13.1. The minimum atomic E-state index is -0.832. The Labute approximate surface area is 276 Å². The highest BCUT2D eigenvalue weighted by atomic mass is 16.3. The average molecular weight is 622 g/mol. The van der Waals surface area contributed by atoms with E-state index in [4.69, 9.17) is 0 Å². The zero-order chi connectivity index (χ0) is 32.2. The molecule has 4 heteroatoms. The van der Waals surface area contributed by atoms with Crippen LogP contribution in [0.3, 0.4) is 0 Å². The molecule has 0 rings (SSSR count). The molecule has 0 aliphatic heterocycles. The first kappa shape index (κ1) is 43.1. The summed E-state index contributed by atoms with van der Waals surface area (Å²) in [6, 6.07) is -0.615. The van der Waals surface area contributed by atoms with Gasteiger partial charge >= 0.3 is 0 Å². The first-order valence-corrected chi connectivity index (χ1v) is 19.9. The first-order chi connectivity index (χ1) is 21.7. The Morgan fingerprint density at radius 3 is 1.18 bits per heavy atom. The lowest BCUT2D eigenvalue weighted by Gasteiger charge is -2.20. The predicted molar refractivity (Wildman–Crippen MR) is 193 cm³/mol. The summed E-state index contributed by atoms with van der Waals surface area (Å²) in [4.78, 5) is 12.3. The van der Waals surface area contributed by atoms with E-state index in [1.165, 1.54) is 173 Å². The molecule has 0 saturated carbocycles. The number of carbonyl (C=O) groups is 1. The number of amides is 1. The molecule has 262 valence electrons. The van der Waals surface area contributed by atoms with Gasteiger partial charge in [0.15, 0.2) is 0 Å². The van der Waals surface area contributed by atoms with Gasteiger partial charge in [0.25, 0.3) is 0 Å². The van der Waals surface area contributed by atoms with Crippen LogP contribution in [0.5, 0.6) is 0 Å². The third-order valence-electron chi connectivity index (χ3n) is 9.27. The molecule has 0 aromatic rings. The molecule has 0 heterocycles. The van der Waals surface area contributed by atoms with Gasteiger partial charge in [0.05, 0.1) is 18.8 Å². The maximum Gasteiger partial charge on any atom is 0.220 e.